The molecule has 0 unspecified atom stereocenters. The second kappa shape index (κ2) is 5.90. The SMILES string of the molecule is COc1ccc(-c2cc(C)oc(=O)c2-c2ccccc2)cc1. The molecule has 110 valence electrons. The van der Waals surface area contributed by atoms with Crippen LogP contribution in [0.1, 0.15) is 5.76 Å². The average molecular weight is 292 g/mol. The van der Waals surface area contributed by atoms with Crippen molar-refractivity contribution in [1.29, 1.82) is 0 Å². The number of rotatable bonds is 3. The second-order valence-corrected chi connectivity index (χ2v) is 5.03. The molecule has 3 heteroatoms. The lowest BCUT2D eigenvalue weighted by molar-refractivity contribution is 0.415. The molecule has 3 nitrogen and oxygen atoms in total. The van der Waals surface area contributed by atoms with Crippen molar-refractivity contribution in [3.05, 3.63) is 76.8 Å². The molecule has 3 aromatic rings. The molecule has 0 aliphatic carbocycles. The summed E-state index contributed by atoms with van der Waals surface area (Å²) in [5.41, 5.74) is 2.92. The lowest BCUT2D eigenvalue weighted by Crippen LogP contribution is -2.06. The minimum absolute atomic E-state index is 0.322. The third kappa shape index (κ3) is 2.66. The highest BCUT2D eigenvalue weighted by Gasteiger charge is 2.14. The van der Waals surface area contributed by atoms with Crippen molar-refractivity contribution in [2.45, 2.75) is 6.92 Å². The van der Waals surface area contributed by atoms with E-state index in [9.17, 15) is 4.79 Å². The van der Waals surface area contributed by atoms with Gasteiger partial charge in [-0.05, 0) is 36.2 Å². The van der Waals surface area contributed by atoms with Crippen molar-refractivity contribution in [3.8, 4) is 28.0 Å². The van der Waals surface area contributed by atoms with E-state index in [1.807, 2.05) is 60.7 Å². The van der Waals surface area contributed by atoms with E-state index in [1.54, 1.807) is 14.0 Å². The van der Waals surface area contributed by atoms with Gasteiger partial charge in [0.05, 0.1) is 12.7 Å². The Morgan fingerprint density at radius 2 is 1.59 bits per heavy atom. The van der Waals surface area contributed by atoms with Gasteiger partial charge in [-0.25, -0.2) is 4.79 Å². The third-order valence-corrected chi connectivity index (χ3v) is 3.54. The monoisotopic (exact) mass is 292 g/mol. The topological polar surface area (TPSA) is 39.4 Å². The van der Waals surface area contributed by atoms with Crippen LogP contribution in [0.5, 0.6) is 5.75 Å². The largest absolute Gasteiger partial charge is 0.497 e. The first-order valence-electron chi connectivity index (χ1n) is 7.03. The van der Waals surface area contributed by atoms with Gasteiger partial charge >= 0.3 is 5.63 Å². The third-order valence-electron chi connectivity index (χ3n) is 3.54. The van der Waals surface area contributed by atoms with Crippen molar-refractivity contribution in [3.63, 3.8) is 0 Å². The maximum absolute atomic E-state index is 12.4. The highest BCUT2D eigenvalue weighted by atomic mass is 16.5. The van der Waals surface area contributed by atoms with Gasteiger partial charge in [-0.15, -0.1) is 0 Å². The van der Waals surface area contributed by atoms with Crippen LogP contribution in [0, 0.1) is 6.92 Å². The summed E-state index contributed by atoms with van der Waals surface area (Å²) in [5, 5.41) is 0. The van der Waals surface area contributed by atoms with Gasteiger partial charge < -0.3 is 9.15 Å². The van der Waals surface area contributed by atoms with E-state index in [0.29, 0.717) is 11.3 Å². The summed E-state index contributed by atoms with van der Waals surface area (Å²) in [4.78, 5) is 12.4. The van der Waals surface area contributed by atoms with Crippen LogP contribution < -0.4 is 10.4 Å². The summed E-state index contributed by atoms with van der Waals surface area (Å²) < 4.78 is 10.5. The smallest absolute Gasteiger partial charge is 0.344 e. The molecular formula is C19H16O3. The van der Waals surface area contributed by atoms with Crippen LogP contribution in [-0.2, 0) is 0 Å². The standard InChI is InChI=1S/C19H16O3/c1-13-12-17(14-8-10-16(21-2)11-9-14)18(19(20)22-13)15-6-4-3-5-7-15/h3-12H,1-2H3. The molecule has 0 bridgehead atoms. The van der Waals surface area contributed by atoms with Crippen molar-refractivity contribution in [2.24, 2.45) is 0 Å². The lowest BCUT2D eigenvalue weighted by atomic mass is 9.96. The molecule has 0 saturated heterocycles. The van der Waals surface area contributed by atoms with Gasteiger partial charge in [-0.1, -0.05) is 42.5 Å². The first-order chi connectivity index (χ1) is 10.7. The lowest BCUT2D eigenvalue weighted by Gasteiger charge is -2.10. The molecule has 22 heavy (non-hydrogen) atoms. The first-order valence-corrected chi connectivity index (χ1v) is 7.03. The zero-order chi connectivity index (χ0) is 15.5. The number of hydrogen-bond donors (Lipinski definition) is 0. The van der Waals surface area contributed by atoms with Crippen LogP contribution in [0.4, 0.5) is 0 Å². The predicted octanol–water partition coefficient (Wildman–Crippen LogP) is 4.29. The molecule has 0 atom stereocenters. The van der Waals surface area contributed by atoms with Crippen LogP contribution in [0.15, 0.2) is 69.9 Å². The molecule has 0 aliphatic heterocycles. The summed E-state index contributed by atoms with van der Waals surface area (Å²) in [6.45, 7) is 1.78. The van der Waals surface area contributed by atoms with E-state index >= 15 is 0 Å². The molecule has 2 aromatic carbocycles. The Balaban J connectivity index is 2.24. The second-order valence-electron chi connectivity index (χ2n) is 5.03. The van der Waals surface area contributed by atoms with Gasteiger partial charge in [0.2, 0.25) is 0 Å². The number of benzene rings is 2. The van der Waals surface area contributed by atoms with E-state index in [4.69, 9.17) is 9.15 Å². The molecule has 0 N–H and O–H groups in total. The van der Waals surface area contributed by atoms with Crippen molar-refractivity contribution in [1.82, 2.24) is 0 Å². The molecule has 0 saturated carbocycles. The summed E-state index contributed by atoms with van der Waals surface area (Å²) in [5.74, 6) is 1.38. The van der Waals surface area contributed by atoms with Gasteiger partial charge in [0, 0.05) is 5.56 Å². The molecule has 0 fully saturated rings. The molecule has 3 rings (SSSR count). The number of ether oxygens (including phenoxy) is 1. The Morgan fingerprint density at radius 1 is 0.909 bits per heavy atom. The highest BCUT2D eigenvalue weighted by Crippen LogP contribution is 2.31. The molecule has 0 amide bonds. The average Bonchev–Trinajstić information content (AvgIpc) is 2.55. The zero-order valence-electron chi connectivity index (χ0n) is 12.5. The quantitative estimate of drug-likeness (QED) is 0.723. The fourth-order valence-electron chi connectivity index (χ4n) is 2.49. The number of aryl methyl sites for hydroxylation is 1. The maximum atomic E-state index is 12.4. The van der Waals surface area contributed by atoms with Crippen LogP contribution in [0.2, 0.25) is 0 Å². The van der Waals surface area contributed by atoms with E-state index < -0.39 is 0 Å². The van der Waals surface area contributed by atoms with Gasteiger partial charge in [0.25, 0.3) is 0 Å². The summed E-state index contributed by atoms with van der Waals surface area (Å²) in [7, 11) is 1.63. The summed E-state index contributed by atoms with van der Waals surface area (Å²) in [6, 6.07) is 19.1. The van der Waals surface area contributed by atoms with Crippen LogP contribution in [-0.4, -0.2) is 7.11 Å². The van der Waals surface area contributed by atoms with E-state index in [2.05, 4.69) is 0 Å². The number of hydrogen-bond acceptors (Lipinski definition) is 3. The molecule has 0 radical (unpaired) electrons. The first kappa shape index (κ1) is 14.1. The Kier molecular flexibility index (Phi) is 3.79. The van der Waals surface area contributed by atoms with E-state index in [-0.39, 0.29) is 5.63 Å². The number of methoxy groups -OCH3 is 1. The van der Waals surface area contributed by atoms with Crippen LogP contribution in [0.25, 0.3) is 22.3 Å². The van der Waals surface area contributed by atoms with E-state index in [1.165, 1.54) is 0 Å². The van der Waals surface area contributed by atoms with Gasteiger partial charge in [0.15, 0.2) is 0 Å². The maximum Gasteiger partial charge on any atom is 0.344 e. The summed E-state index contributed by atoms with van der Waals surface area (Å²) in [6.07, 6.45) is 0. The Hall–Kier alpha value is -2.81. The molecule has 1 heterocycles. The molecule has 1 aromatic heterocycles. The molecule has 0 aliphatic rings. The van der Waals surface area contributed by atoms with E-state index in [0.717, 1.165) is 22.4 Å². The minimum Gasteiger partial charge on any atom is -0.497 e. The minimum atomic E-state index is -0.322. The van der Waals surface area contributed by atoms with Crippen molar-refractivity contribution >= 4 is 0 Å². The predicted molar refractivity (Wildman–Crippen MR) is 87.1 cm³/mol. The fourth-order valence-corrected chi connectivity index (χ4v) is 2.49. The Labute approximate surface area is 128 Å². The van der Waals surface area contributed by atoms with Crippen molar-refractivity contribution < 1.29 is 9.15 Å². The van der Waals surface area contributed by atoms with Crippen LogP contribution >= 0.6 is 0 Å². The Bertz CT molecular complexity index is 831. The van der Waals surface area contributed by atoms with Gasteiger partial charge in [0.1, 0.15) is 11.5 Å². The normalized spacial score (nSPS) is 10.5. The molecule has 0 spiro atoms. The van der Waals surface area contributed by atoms with Gasteiger partial charge in [-0.2, -0.15) is 0 Å². The van der Waals surface area contributed by atoms with Crippen LogP contribution in [0.3, 0.4) is 0 Å². The van der Waals surface area contributed by atoms with Gasteiger partial charge in [-0.3, -0.25) is 0 Å². The fraction of sp³-hybridized carbons (Fsp3) is 0.105. The molecular weight excluding hydrogens is 276 g/mol. The Morgan fingerprint density at radius 3 is 2.23 bits per heavy atom. The zero-order valence-corrected chi connectivity index (χ0v) is 12.5. The highest BCUT2D eigenvalue weighted by molar-refractivity contribution is 5.82. The summed E-state index contributed by atoms with van der Waals surface area (Å²) >= 11 is 0. The van der Waals surface area contributed by atoms with Crippen molar-refractivity contribution in [2.75, 3.05) is 7.11 Å².